The standard InChI is InChI=1S/C17H23N3O2.ClH/c21-16-9-14(17(22)19-10-15-7-4-8-18-15)12-20(16)11-13-5-2-1-3-6-13;/h1-3,5-6,14-15,18H,4,7-12H2,(H,19,22);1H. The van der Waals surface area contributed by atoms with Crippen LogP contribution in [0.4, 0.5) is 0 Å². The molecule has 2 N–H and O–H groups in total. The third-order valence-electron chi connectivity index (χ3n) is 4.49. The molecule has 2 aliphatic rings. The van der Waals surface area contributed by atoms with Crippen LogP contribution in [-0.2, 0) is 16.1 Å². The third kappa shape index (κ3) is 4.69. The van der Waals surface area contributed by atoms with Crippen molar-refractivity contribution in [1.29, 1.82) is 0 Å². The van der Waals surface area contributed by atoms with Gasteiger partial charge in [0.15, 0.2) is 0 Å². The van der Waals surface area contributed by atoms with Crippen molar-refractivity contribution >= 4 is 24.2 Å². The van der Waals surface area contributed by atoms with E-state index < -0.39 is 0 Å². The summed E-state index contributed by atoms with van der Waals surface area (Å²) >= 11 is 0. The smallest absolute Gasteiger partial charge is 0.225 e. The van der Waals surface area contributed by atoms with E-state index in [1.807, 2.05) is 30.3 Å². The van der Waals surface area contributed by atoms with Crippen molar-refractivity contribution in [3.63, 3.8) is 0 Å². The average Bonchev–Trinajstić information content (AvgIpc) is 3.16. The summed E-state index contributed by atoms with van der Waals surface area (Å²) < 4.78 is 0. The molecular weight excluding hydrogens is 314 g/mol. The number of carbonyl (C=O) groups is 2. The summed E-state index contributed by atoms with van der Waals surface area (Å²) in [6.07, 6.45) is 2.62. The Labute approximate surface area is 143 Å². The third-order valence-corrected chi connectivity index (χ3v) is 4.49. The van der Waals surface area contributed by atoms with Crippen LogP contribution in [0.5, 0.6) is 0 Å². The molecule has 2 atom stereocenters. The van der Waals surface area contributed by atoms with Crippen molar-refractivity contribution in [2.24, 2.45) is 5.92 Å². The second-order valence-electron chi connectivity index (χ2n) is 6.20. The van der Waals surface area contributed by atoms with Crippen molar-refractivity contribution < 1.29 is 9.59 Å². The number of likely N-dealkylation sites (tertiary alicyclic amines) is 1. The summed E-state index contributed by atoms with van der Waals surface area (Å²) in [4.78, 5) is 26.1. The number of nitrogens with zero attached hydrogens (tertiary/aromatic N) is 1. The largest absolute Gasteiger partial charge is 0.354 e. The molecule has 0 saturated carbocycles. The van der Waals surface area contributed by atoms with E-state index in [1.54, 1.807) is 4.90 Å². The molecule has 5 nitrogen and oxygen atoms in total. The first-order valence-corrected chi connectivity index (χ1v) is 8.05. The van der Waals surface area contributed by atoms with Crippen LogP contribution in [0.1, 0.15) is 24.8 Å². The minimum atomic E-state index is -0.211. The molecule has 1 aromatic rings. The van der Waals surface area contributed by atoms with Gasteiger partial charge in [-0.05, 0) is 24.9 Å². The zero-order chi connectivity index (χ0) is 15.4. The molecule has 2 heterocycles. The lowest BCUT2D eigenvalue weighted by molar-refractivity contribution is -0.129. The summed E-state index contributed by atoms with van der Waals surface area (Å²) in [6, 6.07) is 10.3. The van der Waals surface area contributed by atoms with Crippen molar-refractivity contribution in [3.8, 4) is 0 Å². The molecule has 2 unspecified atom stereocenters. The number of amides is 2. The molecule has 0 aromatic heterocycles. The zero-order valence-corrected chi connectivity index (χ0v) is 14.0. The summed E-state index contributed by atoms with van der Waals surface area (Å²) in [5.74, 6) is -0.127. The van der Waals surface area contributed by atoms with E-state index in [9.17, 15) is 9.59 Å². The van der Waals surface area contributed by atoms with Crippen LogP contribution >= 0.6 is 12.4 Å². The molecule has 1 aromatic carbocycles. The van der Waals surface area contributed by atoms with E-state index in [-0.39, 0.29) is 30.1 Å². The van der Waals surface area contributed by atoms with Crippen LogP contribution in [0.25, 0.3) is 0 Å². The lowest BCUT2D eigenvalue weighted by Crippen LogP contribution is -2.40. The molecule has 3 rings (SSSR count). The van der Waals surface area contributed by atoms with E-state index in [4.69, 9.17) is 0 Å². The number of rotatable bonds is 5. The maximum atomic E-state index is 12.2. The maximum absolute atomic E-state index is 12.2. The first-order valence-electron chi connectivity index (χ1n) is 8.05. The fourth-order valence-electron chi connectivity index (χ4n) is 3.20. The summed E-state index contributed by atoms with van der Waals surface area (Å²) in [6.45, 7) is 2.82. The Morgan fingerprint density at radius 2 is 2.09 bits per heavy atom. The van der Waals surface area contributed by atoms with Crippen molar-refractivity contribution in [2.45, 2.75) is 31.8 Å². The number of benzene rings is 1. The Morgan fingerprint density at radius 1 is 1.30 bits per heavy atom. The number of carbonyl (C=O) groups excluding carboxylic acids is 2. The first kappa shape index (κ1) is 17.8. The van der Waals surface area contributed by atoms with E-state index in [1.165, 1.54) is 6.42 Å². The Hall–Kier alpha value is -1.59. The van der Waals surface area contributed by atoms with Gasteiger partial charge in [-0.3, -0.25) is 9.59 Å². The summed E-state index contributed by atoms with van der Waals surface area (Å²) in [7, 11) is 0. The Morgan fingerprint density at radius 3 is 2.78 bits per heavy atom. The van der Waals surface area contributed by atoms with Gasteiger partial charge in [-0.25, -0.2) is 0 Å². The molecular formula is C17H24ClN3O2. The zero-order valence-electron chi connectivity index (χ0n) is 13.2. The van der Waals surface area contributed by atoms with Crippen LogP contribution in [0.15, 0.2) is 30.3 Å². The number of nitrogens with one attached hydrogen (secondary N) is 2. The van der Waals surface area contributed by atoms with Gasteiger partial charge in [-0.15, -0.1) is 12.4 Å². The highest BCUT2D eigenvalue weighted by atomic mass is 35.5. The molecule has 0 radical (unpaired) electrons. The Bertz CT molecular complexity index is 532. The molecule has 0 aliphatic carbocycles. The number of halogens is 1. The van der Waals surface area contributed by atoms with Crippen molar-refractivity contribution in [1.82, 2.24) is 15.5 Å². The van der Waals surface area contributed by atoms with Crippen molar-refractivity contribution in [2.75, 3.05) is 19.6 Å². The van der Waals surface area contributed by atoms with Gasteiger partial charge in [0.25, 0.3) is 0 Å². The average molecular weight is 338 g/mol. The lowest BCUT2D eigenvalue weighted by atomic mass is 10.1. The molecule has 0 spiro atoms. The molecule has 2 saturated heterocycles. The monoisotopic (exact) mass is 337 g/mol. The molecule has 6 heteroatoms. The molecule has 2 amide bonds. The quantitative estimate of drug-likeness (QED) is 0.852. The van der Waals surface area contributed by atoms with Crippen LogP contribution in [-0.4, -0.2) is 42.4 Å². The molecule has 23 heavy (non-hydrogen) atoms. The Balaban J connectivity index is 0.00000192. The molecule has 2 fully saturated rings. The lowest BCUT2D eigenvalue weighted by Gasteiger charge is -2.17. The topological polar surface area (TPSA) is 61.4 Å². The number of hydrogen-bond donors (Lipinski definition) is 2. The predicted molar refractivity (Wildman–Crippen MR) is 91.2 cm³/mol. The van der Waals surface area contributed by atoms with Gasteiger partial charge in [-0.2, -0.15) is 0 Å². The Kier molecular flexibility index (Phi) is 6.42. The minimum absolute atomic E-state index is 0. The normalized spacial score (nSPS) is 23.7. The summed E-state index contributed by atoms with van der Waals surface area (Å²) in [5, 5.41) is 6.35. The highest BCUT2D eigenvalue weighted by Gasteiger charge is 2.34. The van der Waals surface area contributed by atoms with E-state index in [0.717, 1.165) is 18.5 Å². The molecule has 0 bridgehead atoms. The predicted octanol–water partition coefficient (Wildman–Crippen LogP) is 1.33. The van der Waals surface area contributed by atoms with Gasteiger partial charge in [0.05, 0.1) is 5.92 Å². The highest BCUT2D eigenvalue weighted by Crippen LogP contribution is 2.20. The fraction of sp³-hybridized carbons (Fsp3) is 0.529. The SMILES string of the molecule is Cl.O=C(NCC1CCCN1)C1CC(=O)N(Cc2ccccc2)C1. The van der Waals surface area contributed by atoms with Crippen LogP contribution in [0.2, 0.25) is 0 Å². The van der Waals surface area contributed by atoms with Gasteiger partial charge in [0, 0.05) is 32.1 Å². The fourth-order valence-corrected chi connectivity index (χ4v) is 3.20. The maximum Gasteiger partial charge on any atom is 0.225 e. The first-order chi connectivity index (χ1) is 10.7. The van der Waals surface area contributed by atoms with E-state index in [2.05, 4.69) is 10.6 Å². The highest BCUT2D eigenvalue weighted by molar-refractivity contribution is 5.89. The molecule has 2 aliphatic heterocycles. The van der Waals surface area contributed by atoms with Crippen LogP contribution in [0.3, 0.4) is 0 Å². The van der Waals surface area contributed by atoms with Gasteiger partial charge in [0.2, 0.25) is 11.8 Å². The second-order valence-corrected chi connectivity index (χ2v) is 6.20. The van der Waals surface area contributed by atoms with E-state index in [0.29, 0.717) is 32.1 Å². The number of hydrogen-bond acceptors (Lipinski definition) is 3. The van der Waals surface area contributed by atoms with Gasteiger partial charge < -0.3 is 15.5 Å². The summed E-state index contributed by atoms with van der Waals surface area (Å²) in [5.41, 5.74) is 1.10. The van der Waals surface area contributed by atoms with Crippen LogP contribution < -0.4 is 10.6 Å². The van der Waals surface area contributed by atoms with Gasteiger partial charge >= 0.3 is 0 Å². The second kappa shape index (κ2) is 8.31. The van der Waals surface area contributed by atoms with Gasteiger partial charge in [0.1, 0.15) is 0 Å². The van der Waals surface area contributed by atoms with Crippen LogP contribution in [0, 0.1) is 5.92 Å². The minimum Gasteiger partial charge on any atom is -0.354 e. The molecule has 126 valence electrons. The van der Waals surface area contributed by atoms with Gasteiger partial charge in [-0.1, -0.05) is 30.3 Å². The van der Waals surface area contributed by atoms with Crippen molar-refractivity contribution in [3.05, 3.63) is 35.9 Å². The van der Waals surface area contributed by atoms with E-state index >= 15 is 0 Å².